The molecule has 2 heterocycles. The number of carbonyl (C=O) groups excluding carboxylic acids is 1. The van der Waals surface area contributed by atoms with Crippen LogP contribution in [0.1, 0.15) is 66.1 Å². The highest BCUT2D eigenvalue weighted by atomic mass is 16.5. The Morgan fingerprint density at radius 1 is 0.907 bits per heavy atom. The smallest absolute Gasteiger partial charge is 0.227 e. The van der Waals surface area contributed by atoms with E-state index in [1.165, 1.54) is 0 Å². The molecule has 4 rings (SSSR count). The summed E-state index contributed by atoms with van der Waals surface area (Å²) in [6.07, 6.45) is 3.70. The summed E-state index contributed by atoms with van der Waals surface area (Å²) in [7, 11) is 6.30. The molecule has 1 N–H and O–H groups in total. The monoisotopic (exact) mass is 590 g/mol. The fourth-order valence-corrected chi connectivity index (χ4v) is 4.95. The van der Waals surface area contributed by atoms with Crippen LogP contribution in [0.15, 0.2) is 40.4 Å². The van der Waals surface area contributed by atoms with Crippen LogP contribution < -0.4 is 24.3 Å². The van der Waals surface area contributed by atoms with E-state index in [1.54, 1.807) is 45.2 Å². The van der Waals surface area contributed by atoms with Gasteiger partial charge >= 0.3 is 0 Å². The molecule has 0 saturated carbocycles. The quantitative estimate of drug-likeness (QED) is 0.255. The maximum Gasteiger partial charge on any atom is 0.227 e. The molecule has 1 atom stereocenters. The lowest BCUT2D eigenvalue weighted by atomic mass is 9.87. The van der Waals surface area contributed by atoms with Gasteiger partial charge in [-0.3, -0.25) is 4.79 Å². The number of hydrogen-bond donors (Lipinski definition) is 1. The molecule has 0 spiro atoms. The molecule has 11 nitrogen and oxygen atoms in total. The van der Waals surface area contributed by atoms with E-state index in [1.807, 2.05) is 25.1 Å². The Balaban J connectivity index is 1.81. The van der Waals surface area contributed by atoms with Gasteiger partial charge < -0.3 is 24.3 Å². The number of nitrogens with one attached hydrogen (secondary N) is 1. The van der Waals surface area contributed by atoms with Crippen molar-refractivity contribution in [3.63, 3.8) is 0 Å². The van der Waals surface area contributed by atoms with Gasteiger partial charge in [0.15, 0.2) is 17.3 Å². The van der Waals surface area contributed by atoms with Gasteiger partial charge in [0.1, 0.15) is 22.9 Å². The van der Waals surface area contributed by atoms with Crippen LogP contribution in [0.5, 0.6) is 23.0 Å². The predicted octanol–water partition coefficient (Wildman–Crippen LogP) is 6.52. The number of hydrogen-bond acceptors (Lipinski definition) is 9. The third-order valence-electron chi connectivity index (χ3n) is 7.38. The van der Waals surface area contributed by atoms with E-state index in [-0.39, 0.29) is 17.2 Å². The van der Waals surface area contributed by atoms with Crippen molar-refractivity contribution in [1.29, 1.82) is 0 Å². The summed E-state index contributed by atoms with van der Waals surface area (Å²) < 4.78 is 23.9. The second-order valence-electron chi connectivity index (χ2n) is 11.3. The molecule has 1 aromatic heterocycles. The fraction of sp³-hybridized carbons (Fsp3) is 0.469. The van der Waals surface area contributed by atoms with Crippen molar-refractivity contribution in [2.24, 2.45) is 21.4 Å². The van der Waals surface area contributed by atoms with Gasteiger partial charge in [-0.15, -0.1) is 10.2 Å². The molecular weight excluding hydrogens is 548 g/mol. The number of ether oxygens (including phenoxy) is 4. The maximum absolute atomic E-state index is 13.1. The molecule has 0 bridgehead atoms. The largest absolute Gasteiger partial charge is 0.496 e. The summed E-state index contributed by atoms with van der Waals surface area (Å²) in [5.74, 6) is 3.02. The number of methoxy groups -OCH3 is 4. The number of rotatable bonds is 12. The lowest BCUT2D eigenvalue weighted by Gasteiger charge is -2.18. The van der Waals surface area contributed by atoms with Crippen LogP contribution >= 0.6 is 0 Å². The Kier molecular flexibility index (Phi) is 9.73. The summed E-state index contributed by atoms with van der Waals surface area (Å²) in [5, 5.41) is 17.0. The molecule has 0 aliphatic carbocycles. The van der Waals surface area contributed by atoms with Gasteiger partial charge in [-0.05, 0) is 31.0 Å². The van der Waals surface area contributed by atoms with Crippen molar-refractivity contribution in [2.45, 2.75) is 60.3 Å². The van der Waals surface area contributed by atoms with E-state index in [9.17, 15) is 4.79 Å². The van der Waals surface area contributed by atoms with Crippen molar-refractivity contribution in [3.8, 4) is 34.4 Å². The van der Waals surface area contributed by atoms with E-state index >= 15 is 0 Å². The standard InChI is InChI=1S/C32H42N6O5/c1-10-12-13-19(11-2)31(39)33-20-14-15-23(40-6)21(16-20)29-35-36-30-27(28(32(3,4)5)37-38(29)30)34-22-17-25(42-8)26(43-9)18-24(22)41-7/h14-19H,10-13H2,1-9H3,(H,33,39)/b34-27-. The van der Waals surface area contributed by atoms with Crippen LogP contribution in [0.2, 0.25) is 0 Å². The summed E-state index contributed by atoms with van der Waals surface area (Å²) >= 11 is 0. The molecule has 0 radical (unpaired) electrons. The summed E-state index contributed by atoms with van der Waals surface area (Å²) in [5.41, 5.74) is 2.72. The van der Waals surface area contributed by atoms with Gasteiger partial charge in [-0.25, -0.2) is 4.99 Å². The molecule has 1 aliphatic rings. The highest BCUT2D eigenvalue weighted by molar-refractivity contribution is 6.50. The first-order valence-electron chi connectivity index (χ1n) is 14.5. The Morgan fingerprint density at radius 2 is 1.56 bits per heavy atom. The van der Waals surface area contributed by atoms with Gasteiger partial charge in [0.25, 0.3) is 0 Å². The Hall–Kier alpha value is -4.41. The zero-order chi connectivity index (χ0) is 31.3. The first-order valence-corrected chi connectivity index (χ1v) is 14.5. The summed E-state index contributed by atoms with van der Waals surface area (Å²) in [4.78, 5) is 18.0. The predicted molar refractivity (Wildman–Crippen MR) is 169 cm³/mol. The lowest BCUT2D eigenvalue weighted by molar-refractivity contribution is -0.120. The molecule has 3 aromatic rings. The van der Waals surface area contributed by atoms with Crippen molar-refractivity contribution >= 4 is 28.7 Å². The SMILES string of the molecule is CCCCC(CC)C(=O)Nc1ccc(OC)c(-c2nnc3n2N=C(C(C)(C)C)/C3=N/c2cc(OC)c(OC)cc2OC)c1. The maximum atomic E-state index is 13.1. The zero-order valence-electron chi connectivity index (χ0n) is 26.6. The molecule has 0 fully saturated rings. The summed E-state index contributed by atoms with van der Waals surface area (Å²) in [6.45, 7) is 10.4. The summed E-state index contributed by atoms with van der Waals surface area (Å²) in [6, 6.07) is 8.97. The van der Waals surface area contributed by atoms with E-state index in [2.05, 4.69) is 43.2 Å². The average Bonchev–Trinajstić information content (AvgIpc) is 3.57. The van der Waals surface area contributed by atoms with Gasteiger partial charge in [0.05, 0.1) is 39.7 Å². The Bertz CT molecular complexity index is 1540. The highest BCUT2D eigenvalue weighted by Gasteiger charge is 2.36. The van der Waals surface area contributed by atoms with Crippen LogP contribution in [-0.4, -0.2) is 60.6 Å². The molecule has 230 valence electrons. The van der Waals surface area contributed by atoms with Gasteiger partial charge in [-0.1, -0.05) is 47.5 Å². The molecule has 1 unspecified atom stereocenters. The molecule has 2 aromatic carbocycles. The number of benzene rings is 2. The molecule has 1 amide bonds. The van der Waals surface area contributed by atoms with Gasteiger partial charge in [0, 0.05) is 29.2 Å². The Morgan fingerprint density at radius 3 is 2.16 bits per heavy atom. The zero-order valence-corrected chi connectivity index (χ0v) is 26.6. The van der Waals surface area contributed by atoms with E-state index in [4.69, 9.17) is 29.0 Å². The first-order chi connectivity index (χ1) is 20.6. The third-order valence-corrected chi connectivity index (χ3v) is 7.38. The first kappa shape index (κ1) is 31.5. The topological polar surface area (TPSA) is 121 Å². The number of anilines is 1. The minimum Gasteiger partial charge on any atom is -0.496 e. The average molecular weight is 591 g/mol. The minimum absolute atomic E-state index is 0.00450. The lowest BCUT2D eigenvalue weighted by Crippen LogP contribution is -2.27. The van der Waals surface area contributed by atoms with Crippen molar-refractivity contribution < 1.29 is 23.7 Å². The van der Waals surface area contributed by atoms with E-state index in [0.29, 0.717) is 57.3 Å². The number of aliphatic imine (C=N–C) groups is 1. The van der Waals surface area contributed by atoms with E-state index < -0.39 is 0 Å². The van der Waals surface area contributed by atoms with Crippen molar-refractivity contribution in [1.82, 2.24) is 14.9 Å². The van der Waals surface area contributed by atoms with Crippen LogP contribution in [0.3, 0.4) is 0 Å². The van der Waals surface area contributed by atoms with Crippen molar-refractivity contribution in [3.05, 3.63) is 36.2 Å². The number of carbonyl (C=O) groups is 1. The second-order valence-corrected chi connectivity index (χ2v) is 11.3. The van der Waals surface area contributed by atoms with E-state index in [0.717, 1.165) is 31.4 Å². The minimum atomic E-state index is -0.381. The number of unbranched alkanes of at least 4 members (excludes halogenated alkanes) is 1. The molecule has 1 aliphatic heterocycles. The van der Waals surface area contributed by atoms with Crippen LogP contribution in [0.25, 0.3) is 11.4 Å². The number of amides is 1. The van der Waals surface area contributed by atoms with Crippen molar-refractivity contribution in [2.75, 3.05) is 33.8 Å². The highest BCUT2D eigenvalue weighted by Crippen LogP contribution is 2.41. The molecule has 43 heavy (non-hydrogen) atoms. The van der Waals surface area contributed by atoms with Crippen LogP contribution in [0.4, 0.5) is 11.4 Å². The fourth-order valence-electron chi connectivity index (χ4n) is 4.95. The number of nitrogens with zero attached hydrogens (tertiary/aromatic N) is 5. The normalized spacial score (nSPS) is 14.3. The third kappa shape index (κ3) is 6.50. The molecule has 11 heteroatoms. The number of fused-ring (bicyclic) bond motifs is 1. The molecule has 0 saturated heterocycles. The number of aromatic nitrogens is 3. The van der Waals surface area contributed by atoms with Gasteiger partial charge in [0.2, 0.25) is 11.7 Å². The second kappa shape index (κ2) is 13.3. The van der Waals surface area contributed by atoms with Crippen LogP contribution in [-0.2, 0) is 4.79 Å². The van der Waals surface area contributed by atoms with Crippen LogP contribution in [0, 0.1) is 11.3 Å². The molecular formula is C32H42N6O5. The Labute approximate surface area is 253 Å². The van der Waals surface area contributed by atoms with Gasteiger partial charge in [-0.2, -0.15) is 9.78 Å².